The van der Waals surface area contributed by atoms with Gasteiger partial charge < -0.3 is 10.1 Å². The molecule has 1 aliphatic rings. The molecule has 1 saturated carbocycles. The number of methoxy groups -OCH3 is 1. The van der Waals surface area contributed by atoms with Gasteiger partial charge in [-0.15, -0.1) is 0 Å². The number of rotatable bonds is 3. The highest BCUT2D eigenvalue weighted by atomic mass is 16.5. The van der Waals surface area contributed by atoms with E-state index in [1.54, 1.807) is 24.3 Å². The molecule has 0 saturated heterocycles. The van der Waals surface area contributed by atoms with E-state index in [-0.39, 0.29) is 17.8 Å². The van der Waals surface area contributed by atoms with E-state index in [9.17, 15) is 9.59 Å². The summed E-state index contributed by atoms with van der Waals surface area (Å²) in [6, 6.07) is 8.85. The van der Waals surface area contributed by atoms with Crippen LogP contribution in [0.3, 0.4) is 0 Å². The molecule has 4 nitrogen and oxygen atoms in total. The number of amides is 1. The van der Waals surface area contributed by atoms with Crippen LogP contribution in [0.4, 0.5) is 0 Å². The number of nitrogens with one attached hydrogen (secondary N) is 1. The Kier molecular flexibility index (Phi) is 2.88. The zero-order valence-electron chi connectivity index (χ0n) is 9.90. The molecular weight excluding hydrogens is 218 g/mol. The Morgan fingerprint density at radius 2 is 1.94 bits per heavy atom. The summed E-state index contributed by atoms with van der Waals surface area (Å²) in [7, 11) is 1.34. The predicted octanol–water partition coefficient (Wildman–Crippen LogP) is 1.37. The summed E-state index contributed by atoms with van der Waals surface area (Å²) in [6.45, 7) is 1.92. The van der Waals surface area contributed by atoms with Gasteiger partial charge in [-0.3, -0.25) is 4.79 Å². The summed E-state index contributed by atoms with van der Waals surface area (Å²) in [5.74, 6) is -0.475. The third-order valence-electron chi connectivity index (χ3n) is 3.23. The first kappa shape index (κ1) is 11.6. The minimum Gasteiger partial charge on any atom is -0.467 e. The van der Waals surface area contributed by atoms with Gasteiger partial charge in [0.05, 0.1) is 7.11 Å². The van der Waals surface area contributed by atoms with Crippen LogP contribution in [0.15, 0.2) is 30.3 Å². The van der Waals surface area contributed by atoms with E-state index < -0.39 is 5.54 Å². The van der Waals surface area contributed by atoms with Crippen molar-refractivity contribution in [3.63, 3.8) is 0 Å². The molecule has 0 bridgehead atoms. The summed E-state index contributed by atoms with van der Waals surface area (Å²) in [4.78, 5) is 23.6. The Hall–Kier alpha value is -1.84. The summed E-state index contributed by atoms with van der Waals surface area (Å²) >= 11 is 0. The van der Waals surface area contributed by atoms with Gasteiger partial charge in [-0.05, 0) is 24.5 Å². The molecule has 0 aromatic heterocycles. The summed E-state index contributed by atoms with van der Waals surface area (Å²) in [6.07, 6.45) is 0.637. The highest BCUT2D eigenvalue weighted by molar-refractivity contribution is 5.99. The number of carbonyl (C=O) groups excluding carboxylic acids is 2. The fraction of sp³-hybridized carbons (Fsp3) is 0.385. The van der Waals surface area contributed by atoms with Crippen molar-refractivity contribution in [2.75, 3.05) is 7.11 Å². The van der Waals surface area contributed by atoms with E-state index in [0.717, 1.165) is 0 Å². The van der Waals surface area contributed by atoms with Gasteiger partial charge in [-0.25, -0.2) is 4.79 Å². The van der Waals surface area contributed by atoms with Crippen molar-refractivity contribution in [3.05, 3.63) is 35.9 Å². The van der Waals surface area contributed by atoms with Crippen LogP contribution in [0.1, 0.15) is 23.7 Å². The molecule has 90 valence electrons. The molecule has 1 aromatic carbocycles. The molecular formula is C13H15NO3. The number of hydrogen-bond acceptors (Lipinski definition) is 3. The molecule has 0 unspecified atom stereocenters. The molecule has 1 fully saturated rings. The Morgan fingerprint density at radius 1 is 1.35 bits per heavy atom. The highest BCUT2D eigenvalue weighted by Crippen LogP contribution is 2.44. The van der Waals surface area contributed by atoms with E-state index >= 15 is 0 Å². The number of benzene rings is 1. The third-order valence-corrected chi connectivity index (χ3v) is 3.23. The van der Waals surface area contributed by atoms with Gasteiger partial charge in [0.1, 0.15) is 5.54 Å². The highest BCUT2D eigenvalue weighted by Gasteiger charge is 2.59. The minimum absolute atomic E-state index is 0.127. The zero-order valence-corrected chi connectivity index (χ0v) is 9.90. The molecule has 1 aromatic rings. The fourth-order valence-electron chi connectivity index (χ4n) is 1.98. The van der Waals surface area contributed by atoms with Crippen molar-refractivity contribution in [1.82, 2.24) is 5.32 Å². The van der Waals surface area contributed by atoms with E-state index in [1.165, 1.54) is 7.11 Å². The first-order valence-corrected chi connectivity index (χ1v) is 5.56. The SMILES string of the molecule is COC(=O)[C@@]1(NC(=O)c2ccccc2)C[C@H]1C. The predicted molar refractivity (Wildman–Crippen MR) is 62.4 cm³/mol. The van der Waals surface area contributed by atoms with Gasteiger partial charge in [-0.1, -0.05) is 25.1 Å². The van der Waals surface area contributed by atoms with Gasteiger partial charge in [0, 0.05) is 5.56 Å². The second-order valence-electron chi connectivity index (χ2n) is 4.39. The summed E-state index contributed by atoms with van der Waals surface area (Å²) in [5.41, 5.74) is -0.267. The molecule has 1 aliphatic carbocycles. The van der Waals surface area contributed by atoms with Gasteiger partial charge >= 0.3 is 5.97 Å². The first-order chi connectivity index (χ1) is 8.10. The lowest BCUT2D eigenvalue weighted by molar-refractivity contribution is -0.144. The van der Waals surface area contributed by atoms with Crippen LogP contribution in [-0.2, 0) is 9.53 Å². The van der Waals surface area contributed by atoms with Gasteiger partial charge in [0.15, 0.2) is 0 Å². The quantitative estimate of drug-likeness (QED) is 0.802. The molecule has 0 heterocycles. The number of carbonyl (C=O) groups is 2. The monoisotopic (exact) mass is 233 g/mol. The normalized spacial score (nSPS) is 26.1. The van der Waals surface area contributed by atoms with Crippen LogP contribution in [0.25, 0.3) is 0 Å². The maximum Gasteiger partial charge on any atom is 0.331 e. The van der Waals surface area contributed by atoms with Crippen molar-refractivity contribution >= 4 is 11.9 Å². The molecule has 2 atom stereocenters. The lowest BCUT2D eigenvalue weighted by Crippen LogP contribution is -2.45. The van der Waals surface area contributed by atoms with Crippen molar-refractivity contribution in [2.24, 2.45) is 5.92 Å². The van der Waals surface area contributed by atoms with Crippen LogP contribution in [-0.4, -0.2) is 24.5 Å². The van der Waals surface area contributed by atoms with Crippen molar-refractivity contribution < 1.29 is 14.3 Å². The molecule has 1 N–H and O–H groups in total. The largest absolute Gasteiger partial charge is 0.467 e. The Bertz CT molecular complexity index is 443. The lowest BCUT2D eigenvalue weighted by Gasteiger charge is -2.16. The topological polar surface area (TPSA) is 55.4 Å². The standard InChI is InChI=1S/C13H15NO3/c1-9-8-13(9,12(16)17-2)14-11(15)10-6-4-3-5-7-10/h3-7,9H,8H2,1-2H3,(H,14,15)/t9-,13-/m1/s1. The van der Waals surface area contributed by atoms with E-state index in [2.05, 4.69) is 5.32 Å². The van der Waals surface area contributed by atoms with Gasteiger partial charge in [0.25, 0.3) is 5.91 Å². The minimum atomic E-state index is -0.818. The summed E-state index contributed by atoms with van der Waals surface area (Å²) < 4.78 is 4.73. The maximum atomic E-state index is 11.9. The number of esters is 1. The average molecular weight is 233 g/mol. The van der Waals surface area contributed by atoms with Gasteiger partial charge in [-0.2, -0.15) is 0 Å². The molecule has 4 heteroatoms. The van der Waals surface area contributed by atoms with Crippen LogP contribution in [0, 0.1) is 5.92 Å². The number of ether oxygens (including phenoxy) is 1. The van der Waals surface area contributed by atoms with Crippen LogP contribution in [0.5, 0.6) is 0 Å². The molecule has 17 heavy (non-hydrogen) atoms. The van der Waals surface area contributed by atoms with E-state index in [1.807, 2.05) is 13.0 Å². The molecule has 0 spiro atoms. The second-order valence-corrected chi connectivity index (χ2v) is 4.39. The van der Waals surface area contributed by atoms with E-state index in [0.29, 0.717) is 12.0 Å². The molecule has 2 rings (SSSR count). The zero-order chi connectivity index (χ0) is 12.5. The fourth-order valence-corrected chi connectivity index (χ4v) is 1.98. The van der Waals surface area contributed by atoms with E-state index in [4.69, 9.17) is 4.74 Å². The average Bonchev–Trinajstić information content (AvgIpc) is 3.01. The van der Waals surface area contributed by atoms with Crippen molar-refractivity contribution in [1.29, 1.82) is 0 Å². The Morgan fingerprint density at radius 3 is 2.41 bits per heavy atom. The van der Waals surface area contributed by atoms with Gasteiger partial charge in [0.2, 0.25) is 0 Å². The Balaban J connectivity index is 2.11. The van der Waals surface area contributed by atoms with Crippen LogP contribution < -0.4 is 5.32 Å². The smallest absolute Gasteiger partial charge is 0.331 e. The Labute approximate surface area is 100.0 Å². The van der Waals surface area contributed by atoms with Crippen molar-refractivity contribution in [2.45, 2.75) is 18.9 Å². The summed E-state index contributed by atoms with van der Waals surface area (Å²) in [5, 5.41) is 2.77. The van der Waals surface area contributed by atoms with Crippen LogP contribution >= 0.6 is 0 Å². The van der Waals surface area contributed by atoms with Crippen molar-refractivity contribution in [3.8, 4) is 0 Å². The molecule has 1 amide bonds. The third kappa shape index (κ3) is 2.02. The first-order valence-electron chi connectivity index (χ1n) is 5.56. The number of hydrogen-bond donors (Lipinski definition) is 1. The van der Waals surface area contributed by atoms with Crippen LogP contribution in [0.2, 0.25) is 0 Å². The molecule has 0 aliphatic heterocycles. The second kappa shape index (κ2) is 4.20. The molecule has 0 radical (unpaired) electrons. The maximum absolute atomic E-state index is 11.9. The lowest BCUT2D eigenvalue weighted by atomic mass is 10.1.